The number of nitrogens with one attached hydrogen (secondary N) is 1. The van der Waals surface area contributed by atoms with E-state index in [9.17, 15) is 34.8 Å². The van der Waals surface area contributed by atoms with Crippen LogP contribution in [-0.2, 0) is 22.6 Å². The molecule has 0 saturated heterocycles. The van der Waals surface area contributed by atoms with Crippen LogP contribution in [0.4, 0.5) is 0 Å². The minimum absolute atomic E-state index is 0.0276. The normalized spacial score (nSPS) is 28.5. The van der Waals surface area contributed by atoms with Gasteiger partial charge in [0.15, 0.2) is 11.4 Å². The highest BCUT2D eigenvalue weighted by molar-refractivity contribution is 6.24. The molecule has 5 rings (SSSR count). The Kier molecular flexibility index (Phi) is 7.65. The Hall–Kier alpha value is -3.41. The van der Waals surface area contributed by atoms with Crippen molar-refractivity contribution in [1.29, 1.82) is 0 Å². The standard InChI is InChI=1S/C30H39N3O8/c1-33(2)23-18-10-15-9-17-21(19(34)11-16(26(17)41-3)13-32-12-14-7-5-4-6-8-14)24(35)20(15)27(37)30(18,40)28(38)22(25(23)36)29(31)39/h11,14-15,18,23,32,34,36-37,40H,4-10,12-13H2,1-3H3,(H2,31,39)/t15-,18-,23-,30-/m0/s1. The summed E-state index contributed by atoms with van der Waals surface area (Å²) in [6.07, 6.45) is 6.31. The van der Waals surface area contributed by atoms with Gasteiger partial charge >= 0.3 is 0 Å². The Bertz CT molecular complexity index is 1360. The van der Waals surface area contributed by atoms with Crippen molar-refractivity contribution in [2.24, 2.45) is 23.5 Å². The summed E-state index contributed by atoms with van der Waals surface area (Å²) in [5.41, 5.74) is 2.83. The van der Waals surface area contributed by atoms with Crippen LogP contribution in [-0.4, -0.2) is 82.2 Å². The van der Waals surface area contributed by atoms with Crippen LogP contribution in [0.15, 0.2) is 28.7 Å². The van der Waals surface area contributed by atoms with Gasteiger partial charge in [0.2, 0.25) is 5.78 Å². The van der Waals surface area contributed by atoms with Gasteiger partial charge in [0, 0.05) is 29.2 Å². The molecule has 0 bridgehead atoms. The van der Waals surface area contributed by atoms with Gasteiger partial charge in [-0.05, 0) is 64.2 Å². The largest absolute Gasteiger partial charge is 0.510 e. The van der Waals surface area contributed by atoms with Crippen molar-refractivity contribution in [2.45, 2.75) is 63.1 Å². The monoisotopic (exact) mass is 569 g/mol. The fourth-order valence-corrected chi connectivity index (χ4v) is 7.55. The summed E-state index contributed by atoms with van der Waals surface area (Å²) in [6.45, 7) is 1.27. The molecule has 1 amide bonds. The molecule has 1 aromatic carbocycles. The zero-order valence-electron chi connectivity index (χ0n) is 23.7. The number of ether oxygens (including phenoxy) is 1. The Morgan fingerprint density at radius 3 is 2.46 bits per heavy atom. The maximum absolute atomic E-state index is 13.9. The summed E-state index contributed by atoms with van der Waals surface area (Å²) in [7, 11) is 4.70. The fourth-order valence-electron chi connectivity index (χ4n) is 7.55. The van der Waals surface area contributed by atoms with Gasteiger partial charge in [-0.25, -0.2) is 0 Å². The van der Waals surface area contributed by atoms with Crippen LogP contribution in [0.2, 0.25) is 0 Å². The molecular weight excluding hydrogens is 530 g/mol. The molecular formula is C30H39N3O8. The van der Waals surface area contributed by atoms with Crippen LogP contribution in [0.5, 0.6) is 11.5 Å². The third-order valence-corrected chi connectivity index (χ3v) is 9.43. The van der Waals surface area contributed by atoms with Gasteiger partial charge in [-0.3, -0.25) is 19.3 Å². The number of phenols is 1. The Labute approximate surface area is 238 Å². The number of nitrogens with two attached hydrogens (primary N) is 1. The lowest BCUT2D eigenvalue weighted by Gasteiger charge is -2.50. The van der Waals surface area contributed by atoms with Gasteiger partial charge in [0.1, 0.15) is 28.6 Å². The van der Waals surface area contributed by atoms with Crippen molar-refractivity contribution in [3.05, 3.63) is 45.4 Å². The van der Waals surface area contributed by atoms with E-state index < -0.39 is 58.0 Å². The van der Waals surface area contributed by atoms with Crippen molar-refractivity contribution >= 4 is 17.5 Å². The molecule has 1 saturated carbocycles. The second-order valence-corrected chi connectivity index (χ2v) is 12.0. The van der Waals surface area contributed by atoms with Crippen LogP contribution in [0.25, 0.3) is 0 Å². The summed E-state index contributed by atoms with van der Waals surface area (Å²) in [6, 6.07) is 0.438. The van der Waals surface area contributed by atoms with E-state index in [1.54, 1.807) is 14.1 Å². The number of aliphatic hydroxyl groups excluding tert-OH is 2. The molecule has 0 radical (unpaired) electrons. The van der Waals surface area contributed by atoms with Crippen LogP contribution in [0.1, 0.15) is 60.0 Å². The number of fused-ring (bicyclic) bond motifs is 3. The number of carbonyl (C=O) groups is 3. The molecule has 0 aromatic heterocycles. The topological polar surface area (TPSA) is 183 Å². The number of carbonyl (C=O) groups excluding carboxylic acids is 3. The number of methoxy groups -OCH3 is 1. The average molecular weight is 570 g/mol. The van der Waals surface area contributed by atoms with Crippen LogP contribution in [0, 0.1) is 17.8 Å². The molecule has 0 heterocycles. The number of allylic oxidation sites excluding steroid dienone is 1. The molecule has 7 N–H and O–H groups in total. The van der Waals surface area contributed by atoms with Crippen molar-refractivity contribution in [3.8, 4) is 11.5 Å². The van der Waals surface area contributed by atoms with Crippen molar-refractivity contribution < 1.29 is 39.5 Å². The third kappa shape index (κ3) is 4.50. The number of ketones is 2. The average Bonchev–Trinajstić information content (AvgIpc) is 2.91. The number of benzene rings is 1. The molecule has 1 fully saturated rings. The molecule has 11 nitrogen and oxygen atoms in total. The predicted molar refractivity (Wildman–Crippen MR) is 149 cm³/mol. The highest BCUT2D eigenvalue weighted by Crippen LogP contribution is 2.53. The number of rotatable bonds is 7. The lowest BCUT2D eigenvalue weighted by molar-refractivity contribution is -0.148. The number of likely N-dealkylation sites (N-methyl/N-ethyl adjacent to an activating group) is 1. The number of amides is 1. The van der Waals surface area contributed by atoms with Crippen molar-refractivity contribution in [2.75, 3.05) is 27.7 Å². The second-order valence-electron chi connectivity index (χ2n) is 12.0. The number of phenolic OH excluding ortho intramolecular Hbond substituents is 1. The van der Waals surface area contributed by atoms with Gasteiger partial charge in [0.25, 0.3) is 5.91 Å². The molecule has 0 spiro atoms. The zero-order valence-corrected chi connectivity index (χ0v) is 23.7. The van der Waals surface area contributed by atoms with Crippen LogP contribution < -0.4 is 15.8 Å². The van der Waals surface area contributed by atoms with E-state index in [0.717, 1.165) is 6.54 Å². The van der Waals surface area contributed by atoms with E-state index in [1.807, 2.05) is 0 Å². The smallest absolute Gasteiger partial charge is 0.255 e. The number of Topliss-reactive ketones (excluding diaryl/α,β-unsaturated/α-hetero) is 2. The quantitative estimate of drug-likeness (QED) is 0.265. The molecule has 0 unspecified atom stereocenters. The summed E-state index contributed by atoms with van der Waals surface area (Å²) < 4.78 is 5.76. The SMILES string of the molecule is COc1c(CNCC2CCCCC2)cc(O)c2c1C[C@H]1C[C@H]3[C@H](N(C)C)C(O)=C(C(N)=O)C(=O)[C@@]3(O)C(O)=C1C2=O. The van der Waals surface area contributed by atoms with Crippen LogP contribution >= 0.6 is 0 Å². The number of aromatic hydroxyl groups is 1. The molecule has 222 valence electrons. The van der Waals surface area contributed by atoms with Gasteiger partial charge in [-0.2, -0.15) is 0 Å². The molecule has 11 heteroatoms. The Morgan fingerprint density at radius 2 is 1.85 bits per heavy atom. The van der Waals surface area contributed by atoms with E-state index >= 15 is 0 Å². The fraction of sp³-hybridized carbons (Fsp3) is 0.567. The zero-order chi connectivity index (χ0) is 29.8. The Morgan fingerprint density at radius 1 is 1.17 bits per heavy atom. The summed E-state index contributed by atoms with van der Waals surface area (Å²) >= 11 is 0. The lowest BCUT2D eigenvalue weighted by Crippen LogP contribution is -2.63. The highest BCUT2D eigenvalue weighted by atomic mass is 16.5. The number of hydrogen-bond donors (Lipinski definition) is 6. The van der Waals surface area contributed by atoms with Crippen LogP contribution in [0.3, 0.4) is 0 Å². The number of aliphatic hydroxyl groups is 3. The molecule has 0 aliphatic heterocycles. The van der Waals surface area contributed by atoms with E-state index in [0.29, 0.717) is 29.3 Å². The van der Waals surface area contributed by atoms with E-state index in [4.69, 9.17) is 10.5 Å². The summed E-state index contributed by atoms with van der Waals surface area (Å²) in [5, 5.41) is 48.5. The molecule has 4 aliphatic carbocycles. The van der Waals surface area contributed by atoms with Crippen molar-refractivity contribution in [3.63, 3.8) is 0 Å². The molecule has 41 heavy (non-hydrogen) atoms. The van der Waals surface area contributed by atoms with E-state index in [1.165, 1.54) is 50.2 Å². The predicted octanol–water partition coefficient (Wildman–Crippen LogP) is 1.80. The van der Waals surface area contributed by atoms with Gasteiger partial charge < -0.3 is 36.2 Å². The number of primary amides is 1. The first-order chi connectivity index (χ1) is 19.4. The van der Waals surface area contributed by atoms with E-state index in [2.05, 4.69) is 5.32 Å². The molecule has 4 atom stereocenters. The van der Waals surface area contributed by atoms with Gasteiger partial charge in [-0.15, -0.1) is 0 Å². The first-order valence-corrected chi connectivity index (χ1v) is 14.2. The Balaban J connectivity index is 1.55. The van der Waals surface area contributed by atoms with Gasteiger partial charge in [-0.1, -0.05) is 19.3 Å². The van der Waals surface area contributed by atoms with Gasteiger partial charge in [0.05, 0.1) is 18.7 Å². The number of nitrogens with zero attached hydrogens (tertiary/aromatic N) is 1. The van der Waals surface area contributed by atoms with E-state index in [-0.39, 0.29) is 29.7 Å². The summed E-state index contributed by atoms with van der Waals surface area (Å²) in [4.78, 5) is 40.9. The minimum atomic E-state index is -2.66. The third-order valence-electron chi connectivity index (χ3n) is 9.43. The summed E-state index contributed by atoms with van der Waals surface area (Å²) in [5.74, 6) is -5.67. The first kappa shape index (κ1) is 29.1. The number of hydrogen-bond acceptors (Lipinski definition) is 10. The maximum Gasteiger partial charge on any atom is 0.255 e. The highest BCUT2D eigenvalue weighted by Gasteiger charge is 2.63. The molecule has 4 aliphatic rings. The lowest BCUT2D eigenvalue weighted by atomic mass is 9.58. The second kappa shape index (κ2) is 10.8. The minimum Gasteiger partial charge on any atom is -0.510 e. The maximum atomic E-state index is 13.9. The molecule has 1 aromatic rings. The van der Waals surface area contributed by atoms with Crippen molar-refractivity contribution in [1.82, 2.24) is 10.2 Å². The first-order valence-electron chi connectivity index (χ1n) is 14.2.